The van der Waals surface area contributed by atoms with Crippen LogP contribution in [0.15, 0.2) is 24.3 Å². The lowest BCUT2D eigenvalue weighted by Crippen LogP contribution is -2.26. The van der Waals surface area contributed by atoms with Gasteiger partial charge in [0.15, 0.2) is 0 Å². The first-order valence-electron chi connectivity index (χ1n) is 5.65. The Kier molecular flexibility index (Phi) is 4.27. The number of alkyl halides is 3. The van der Waals surface area contributed by atoms with Gasteiger partial charge in [-0.15, -0.1) is 13.2 Å². The summed E-state index contributed by atoms with van der Waals surface area (Å²) in [5.41, 5.74) is -0.168. The quantitative estimate of drug-likeness (QED) is 0.897. The molecule has 0 spiro atoms. The highest BCUT2D eigenvalue weighted by Gasteiger charge is 2.34. The van der Waals surface area contributed by atoms with Crippen molar-refractivity contribution in [3.8, 4) is 5.75 Å². The maximum absolute atomic E-state index is 12.3. The Morgan fingerprint density at radius 1 is 1.22 bits per heavy atom. The van der Waals surface area contributed by atoms with Gasteiger partial charge in [-0.3, -0.25) is 0 Å². The molecule has 1 aromatic carbocycles. The highest BCUT2D eigenvalue weighted by molar-refractivity contribution is 5.39. The molecule has 0 aromatic heterocycles. The first kappa shape index (κ1) is 14.8. The van der Waals surface area contributed by atoms with Gasteiger partial charge in [-0.05, 0) is 24.8 Å². The molecule has 1 atom stereocenters. The summed E-state index contributed by atoms with van der Waals surface area (Å²) < 4.78 is 40.9. The monoisotopic (exact) mass is 262 g/mol. The van der Waals surface area contributed by atoms with Crippen LogP contribution in [0.2, 0.25) is 0 Å². The molecule has 102 valence electrons. The number of halogens is 3. The van der Waals surface area contributed by atoms with Crippen LogP contribution in [-0.2, 0) is 5.41 Å². The summed E-state index contributed by atoms with van der Waals surface area (Å²) in [7, 11) is 0. The summed E-state index contributed by atoms with van der Waals surface area (Å²) in [4.78, 5) is 0. The Morgan fingerprint density at radius 2 is 1.78 bits per heavy atom. The van der Waals surface area contributed by atoms with Gasteiger partial charge in [0.2, 0.25) is 0 Å². The second-order valence-electron chi connectivity index (χ2n) is 4.98. The second kappa shape index (κ2) is 5.18. The third-order valence-electron chi connectivity index (χ3n) is 2.65. The Bertz CT molecular complexity index is 397. The summed E-state index contributed by atoms with van der Waals surface area (Å²) in [6.07, 6.45) is -4.96. The summed E-state index contributed by atoms with van der Waals surface area (Å²) in [6.45, 7) is 5.16. The molecule has 0 radical (unpaired) electrons. The molecule has 0 aliphatic rings. The van der Waals surface area contributed by atoms with E-state index in [1.807, 2.05) is 0 Å². The molecular weight excluding hydrogens is 245 g/mol. The van der Waals surface area contributed by atoms with E-state index in [0.29, 0.717) is 12.0 Å². The van der Waals surface area contributed by atoms with Crippen molar-refractivity contribution in [1.29, 1.82) is 0 Å². The van der Waals surface area contributed by atoms with E-state index < -0.39 is 17.9 Å². The SMILES string of the molecule is CC(O)CC(C)(C)c1ccccc1OC(F)(F)F. The molecule has 0 aliphatic heterocycles. The molecule has 1 N–H and O–H groups in total. The minimum absolute atomic E-state index is 0.212. The maximum atomic E-state index is 12.3. The Morgan fingerprint density at radius 3 is 2.28 bits per heavy atom. The average molecular weight is 262 g/mol. The van der Waals surface area contributed by atoms with Gasteiger partial charge in [0.1, 0.15) is 5.75 Å². The first-order chi connectivity index (χ1) is 8.12. The normalized spacial score (nSPS) is 14.4. The number of hydrogen-bond donors (Lipinski definition) is 1. The van der Waals surface area contributed by atoms with E-state index in [-0.39, 0.29) is 5.75 Å². The lowest BCUT2D eigenvalue weighted by atomic mass is 9.79. The van der Waals surface area contributed by atoms with Crippen LogP contribution in [-0.4, -0.2) is 17.6 Å². The van der Waals surface area contributed by atoms with Gasteiger partial charge in [0.25, 0.3) is 0 Å². The summed E-state index contributed by atoms with van der Waals surface area (Å²) >= 11 is 0. The predicted molar refractivity (Wildman–Crippen MR) is 62.4 cm³/mol. The van der Waals surface area contributed by atoms with Crippen molar-refractivity contribution < 1.29 is 23.0 Å². The van der Waals surface area contributed by atoms with Crippen LogP contribution in [0.1, 0.15) is 32.8 Å². The number of hydrogen-bond acceptors (Lipinski definition) is 2. The van der Waals surface area contributed by atoms with E-state index in [0.717, 1.165) is 0 Å². The van der Waals surface area contributed by atoms with E-state index in [9.17, 15) is 18.3 Å². The van der Waals surface area contributed by atoms with Crippen molar-refractivity contribution in [2.75, 3.05) is 0 Å². The highest BCUT2D eigenvalue weighted by Crippen LogP contribution is 2.37. The van der Waals surface area contributed by atoms with E-state index in [4.69, 9.17) is 0 Å². The summed E-state index contributed by atoms with van der Waals surface area (Å²) in [6, 6.07) is 6.02. The van der Waals surface area contributed by atoms with Gasteiger partial charge in [0.05, 0.1) is 6.10 Å². The lowest BCUT2D eigenvalue weighted by molar-refractivity contribution is -0.275. The fourth-order valence-electron chi connectivity index (χ4n) is 2.09. The molecule has 0 amide bonds. The molecular formula is C13H17F3O2. The number of benzene rings is 1. The van der Waals surface area contributed by atoms with Crippen molar-refractivity contribution in [2.24, 2.45) is 0 Å². The second-order valence-corrected chi connectivity index (χ2v) is 4.98. The molecule has 0 saturated heterocycles. The number of rotatable bonds is 4. The van der Waals surface area contributed by atoms with Crippen LogP contribution >= 0.6 is 0 Å². The zero-order valence-corrected chi connectivity index (χ0v) is 10.6. The molecule has 1 unspecified atom stereocenters. The smallest absolute Gasteiger partial charge is 0.405 e. The molecule has 5 heteroatoms. The van der Waals surface area contributed by atoms with E-state index in [1.54, 1.807) is 32.9 Å². The van der Waals surface area contributed by atoms with E-state index >= 15 is 0 Å². The third-order valence-corrected chi connectivity index (χ3v) is 2.65. The molecule has 18 heavy (non-hydrogen) atoms. The molecule has 0 aliphatic carbocycles. The number of para-hydroxylation sites is 1. The molecule has 0 bridgehead atoms. The first-order valence-corrected chi connectivity index (χ1v) is 5.65. The number of aliphatic hydroxyl groups excluding tert-OH is 1. The number of aliphatic hydroxyl groups is 1. The topological polar surface area (TPSA) is 29.5 Å². The average Bonchev–Trinajstić information content (AvgIpc) is 2.13. The van der Waals surface area contributed by atoms with Crippen molar-refractivity contribution in [3.05, 3.63) is 29.8 Å². The Balaban J connectivity index is 3.08. The van der Waals surface area contributed by atoms with Crippen LogP contribution in [0.3, 0.4) is 0 Å². The van der Waals surface area contributed by atoms with Crippen LogP contribution in [0.4, 0.5) is 13.2 Å². The molecule has 1 rings (SSSR count). The van der Waals surface area contributed by atoms with Gasteiger partial charge in [-0.1, -0.05) is 32.0 Å². The molecule has 0 heterocycles. The zero-order valence-electron chi connectivity index (χ0n) is 10.6. The van der Waals surface area contributed by atoms with Crippen LogP contribution in [0.25, 0.3) is 0 Å². The van der Waals surface area contributed by atoms with Gasteiger partial charge in [0, 0.05) is 5.56 Å². The highest BCUT2D eigenvalue weighted by atomic mass is 19.4. The third kappa shape index (κ3) is 4.22. The lowest BCUT2D eigenvalue weighted by Gasteiger charge is -2.28. The van der Waals surface area contributed by atoms with Crippen LogP contribution < -0.4 is 4.74 Å². The van der Waals surface area contributed by atoms with Crippen molar-refractivity contribution >= 4 is 0 Å². The molecule has 1 aromatic rings. The van der Waals surface area contributed by atoms with Crippen LogP contribution in [0.5, 0.6) is 5.75 Å². The Labute approximate surface area is 104 Å². The minimum atomic E-state index is -4.71. The number of ether oxygens (including phenoxy) is 1. The maximum Gasteiger partial charge on any atom is 0.573 e. The Hall–Kier alpha value is -1.23. The summed E-state index contributed by atoms with van der Waals surface area (Å²) in [5.74, 6) is -0.212. The van der Waals surface area contributed by atoms with Gasteiger partial charge in [-0.2, -0.15) is 0 Å². The van der Waals surface area contributed by atoms with Gasteiger partial charge >= 0.3 is 6.36 Å². The largest absolute Gasteiger partial charge is 0.573 e. The van der Waals surface area contributed by atoms with Crippen molar-refractivity contribution in [1.82, 2.24) is 0 Å². The standard InChI is InChI=1S/C13H17F3O2/c1-9(17)8-12(2,3)10-6-4-5-7-11(10)18-13(14,15)16/h4-7,9,17H,8H2,1-3H3. The predicted octanol–water partition coefficient (Wildman–Crippen LogP) is 3.63. The minimum Gasteiger partial charge on any atom is -0.405 e. The molecule has 2 nitrogen and oxygen atoms in total. The van der Waals surface area contributed by atoms with E-state index in [1.165, 1.54) is 12.1 Å². The van der Waals surface area contributed by atoms with Gasteiger partial charge in [-0.25, -0.2) is 0 Å². The van der Waals surface area contributed by atoms with Crippen LogP contribution in [0, 0.1) is 0 Å². The molecule has 0 saturated carbocycles. The fourth-order valence-corrected chi connectivity index (χ4v) is 2.09. The zero-order chi connectivity index (χ0) is 14.0. The van der Waals surface area contributed by atoms with Crippen molar-refractivity contribution in [2.45, 2.75) is 45.1 Å². The fraction of sp³-hybridized carbons (Fsp3) is 0.538. The molecule has 0 fully saturated rings. The summed E-state index contributed by atoms with van der Waals surface area (Å²) in [5, 5.41) is 9.41. The van der Waals surface area contributed by atoms with E-state index in [2.05, 4.69) is 4.74 Å². The van der Waals surface area contributed by atoms with Gasteiger partial charge < -0.3 is 9.84 Å². The van der Waals surface area contributed by atoms with Crippen molar-refractivity contribution in [3.63, 3.8) is 0 Å².